The van der Waals surface area contributed by atoms with E-state index in [2.05, 4.69) is 61.4 Å². The van der Waals surface area contributed by atoms with E-state index in [0.29, 0.717) is 11.3 Å². The summed E-state index contributed by atoms with van der Waals surface area (Å²) in [7, 11) is 0. The van der Waals surface area contributed by atoms with Gasteiger partial charge in [0.05, 0.1) is 11.4 Å². The number of benzene rings is 1. The second-order valence-electron chi connectivity index (χ2n) is 8.07. The Bertz CT molecular complexity index is 943. The Morgan fingerprint density at radius 3 is 2.52 bits per heavy atom. The summed E-state index contributed by atoms with van der Waals surface area (Å²) in [6.45, 7) is 4.83. The molecule has 2 heteroatoms. The van der Waals surface area contributed by atoms with Gasteiger partial charge in [0.2, 0.25) is 0 Å². The van der Waals surface area contributed by atoms with Crippen LogP contribution < -0.4 is 0 Å². The van der Waals surface area contributed by atoms with Crippen LogP contribution >= 0.6 is 0 Å². The maximum atomic E-state index is 4.82. The number of hydrogen-bond donors (Lipinski definition) is 0. The van der Waals surface area contributed by atoms with E-state index in [-0.39, 0.29) is 0 Å². The van der Waals surface area contributed by atoms with Gasteiger partial charge >= 0.3 is 0 Å². The number of hydrogen-bond acceptors (Lipinski definition) is 2. The molecule has 1 fully saturated rings. The maximum absolute atomic E-state index is 4.82. The van der Waals surface area contributed by atoms with Gasteiger partial charge in [-0.1, -0.05) is 38.1 Å². The molecule has 2 aromatic heterocycles. The van der Waals surface area contributed by atoms with Crippen LogP contribution in [-0.2, 0) is 6.42 Å². The van der Waals surface area contributed by atoms with Crippen LogP contribution in [0.5, 0.6) is 0 Å². The first-order valence-electron chi connectivity index (χ1n) is 9.13. The minimum Gasteiger partial charge on any atom is -0.256 e. The summed E-state index contributed by atoms with van der Waals surface area (Å²) in [5.41, 5.74) is 7.84. The fraction of sp³-hybridized carbons (Fsp3) is 0.304. The third kappa shape index (κ3) is 2.24. The van der Waals surface area contributed by atoms with Gasteiger partial charge in [-0.2, -0.15) is 0 Å². The Hall–Kier alpha value is -2.48. The molecule has 0 saturated heterocycles. The minimum atomic E-state index is 0.453. The molecule has 0 spiro atoms. The normalized spacial score (nSPS) is 22.8. The molecular formula is C23H22N2. The third-order valence-electron chi connectivity index (χ3n) is 6.46. The highest BCUT2D eigenvalue weighted by atomic mass is 14.7. The van der Waals surface area contributed by atoms with Gasteiger partial charge in [-0.05, 0) is 65.5 Å². The molecule has 3 aromatic rings. The van der Waals surface area contributed by atoms with Crippen LogP contribution in [0.15, 0.2) is 60.9 Å². The molecule has 0 amide bonds. The van der Waals surface area contributed by atoms with Gasteiger partial charge in [0.25, 0.3) is 0 Å². The number of pyridine rings is 2. The van der Waals surface area contributed by atoms with Gasteiger partial charge < -0.3 is 0 Å². The molecule has 6 rings (SSSR count). The molecule has 25 heavy (non-hydrogen) atoms. The van der Waals surface area contributed by atoms with Gasteiger partial charge in [-0.25, -0.2) is 0 Å². The summed E-state index contributed by atoms with van der Waals surface area (Å²) in [5.74, 6) is 1.53. The minimum absolute atomic E-state index is 0.453. The van der Waals surface area contributed by atoms with Crippen molar-refractivity contribution < 1.29 is 0 Å². The van der Waals surface area contributed by atoms with Crippen molar-refractivity contribution in [2.75, 3.05) is 0 Å². The first kappa shape index (κ1) is 14.8. The zero-order valence-electron chi connectivity index (χ0n) is 14.7. The largest absolute Gasteiger partial charge is 0.256 e. The lowest BCUT2D eigenvalue weighted by molar-refractivity contribution is 0.0183. The van der Waals surface area contributed by atoms with Crippen LogP contribution in [0, 0.1) is 11.3 Å². The third-order valence-corrected chi connectivity index (χ3v) is 6.46. The van der Waals surface area contributed by atoms with Crippen molar-refractivity contribution in [3.8, 4) is 22.5 Å². The molecule has 3 aliphatic carbocycles. The molecule has 0 radical (unpaired) electrons. The molecule has 2 unspecified atom stereocenters. The molecule has 124 valence electrons. The van der Waals surface area contributed by atoms with E-state index in [1.54, 1.807) is 0 Å². The van der Waals surface area contributed by atoms with Crippen LogP contribution in [0.1, 0.15) is 37.3 Å². The molecule has 2 atom stereocenters. The first-order chi connectivity index (χ1) is 12.1. The Morgan fingerprint density at radius 2 is 1.76 bits per heavy atom. The van der Waals surface area contributed by atoms with E-state index in [0.717, 1.165) is 22.9 Å². The standard InChI is InChI=1S/C23H22N2/c1-23(2)18-11-17-12-22(25-14-19(17)20(23)13-18)16-7-5-6-15(10-16)21-8-3-4-9-24-21/h3-10,12,14,18,20H,11,13H2,1-2H3. The molecule has 2 nitrogen and oxygen atoms in total. The average Bonchev–Trinajstić information content (AvgIpc) is 2.67. The fourth-order valence-corrected chi connectivity index (χ4v) is 4.68. The van der Waals surface area contributed by atoms with Gasteiger partial charge in [-0.15, -0.1) is 0 Å². The first-order valence-corrected chi connectivity index (χ1v) is 9.13. The van der Waals surface area contributed by atoms with Crippen molar-refractivity contribution in [1.82, 2.24) is 9.97 Å². The Morgan fingerprint density at radius 1 is 0.920 bits per heavy atom. The van der Waals surface area contributed by atoms with Crippen LogP contribution in [-0.4, -0.2) is 9.97 Å². The molecule has 3 aliphatic rings. The summed E-state index contributed by atoms with van der Waals surface area (Å²) >= 11 is 0. The lowest BCUT2D eigenvalue weighted by atomic mass is 9.47. The zero-order valence-corrected chi connectivity index (χ0v) is 14.7. The Balaban J connectivity index is 1.53. The van der Waals surface area contributed by atoms with Crippen molar-refractivity contribution in [2.45, 2.75) is 32.6 Å². The van der Waals surface area contributed by atoms with E-state index in [9.17, 15) is 0 Å². The molecule has 1 saturated carbocycles. The average molecular weight is 326 g/mol. The van der Waals surface area contributed by atoms with Crippen LogP contribution in [0.25, 0.3) is 22.5 Å². The van der Waals surface area contributed by atoms with Gasteiger partial charge in [0.1, 0.15) is 0 Å². The molecule has 0 N–H and O–H groups in total. The zero-order chi connectivity index (χ0) is 17.0. The Kier molecular flexibility index (Phi) is 3.12. The fourth-order valence-electron chi connectivity index (χ4n) is 4.68. The summed E-state index contributed by atoms with van der Waals surface area (Å²) in [5, 5.41) is 0. The van der Waals surface area contributed by atoms with E-state index < -0.39 is 0 Å². The smallest absolute Gasteiger partial charge is 0.0705 e. The van der Waals surface area contributed by atoms with E-state index in [4.69, 9.17) is 4.98 Å². The molecule has 1 aromatic carbocycles. The molecule has 2 bridgehead atoms. The second kappa shape index (κ2) is 5.26. The highest BCUT2D eigenvalue weighted by Crippen LogP contribution is 2.62. The lowest BCUT2D eigenvalue weighted by Gasteiger charge is -2.57. The van der Waals surface area contributed by atoms with Gasteiger partial charge in [0.15, 0.2) is 0 Å². The van der Waals surface area contributed by atoms with Gasteiger partial charge in [-0.3, -0.25) is 9.97 Å². The second-order valence-corrected chi connectivity index (χ2v) is 8.07. The van der Waals surface area contributed by atoms with Crippen molar-refractivity contribution in [1.29, 1.82) is 0 Å². The van der Waals surface area contributed by atoms with E-state index in [1.165, 1.54) is 29.5 Å². The van der Waals surface area contributed by atoms with Crippen LogP contribution in [0.2, 0.25) is 0 Å². The van der Waals surface area contributed by atoms with Crippen molar-refractivity contribution in [2.24, 2.45) is 11.3 Å². The summed E-state index contributed by atoms with van der Waals surface area (Å²) in [4.78, 5) is 9.28. The SMILES string of the molecule is CC1(C)C2Cc3cc(-c4cccc(-c5ccccn5)c4)ncc3C1C2. The maximum Gasteiger partial charge on any atom is 0.0705 e. The number of rotatable bonds is 2. The summed E-state index contributed by atoms with van der Waals surface area (Å²) < 4.78 is 0. The van der Waals surface area contributed by atoms with E-state index >= 15 is 0 Å². The quantitative estimate of drug-likeness (QED) is 0.622. The predicted molar refractivity (Wildman–Crippen MR) is 101 cm³/mol. The van der Waals surface area contributed by atoms with Crippen LogP contribution in [0.3, 0.4) is 0 Å². The highest BCUT2D eigenvalue weighted by molar-refractivity contribution is 5.70. The highest BCUT2D eigenvalue weighted by Gasteiger charge is 2.52. The molecule has 2 heterocycles. The predicted octanol–water partition coefficient (Wildman–Crippen LogP) is 5.50. The summed E-state index contributed by atoms with van der Waals surface area (Å²) in [6, 6.07) is 16.9. The number of aromatic nitrogens is 2. The number of nitrogens with zero attached hydrogens (tertiary/aromatic N) is 2. The van der Waals surface area contributed by atoms with Gasteiger partial charge in [0, 0.05) is 23.5 Å². The lowest BCUT2D eigenvalue weighted by Crippen LogP contribution is -2.48. The van der Waals surface area contributed by atoms with Crippen molar-refractivity contribution in [3.05, 3.63) is 72.1 Å². The monoisotopic (exact) mass is 326 g/mol. The Labute approximate surface area is 149 Å². The van der Waals surface area contributed by atoms with Crippen LogP contribution in [0.4, 0.5) is 0 Å². The van der Waals surface area contributed by atoms with Crippen molar-refractivity contribution in [3.63, 3.8) is 0 Å². The topological polar surface area (TPSA) is 25.8 Å². The van der Waals surface area contributed by atoms with E-state index in [1.807, 2.05) is 18.3 Å². The molecule has 0 aliphatic heterocycles. The molecular weight excluding hydrogens is 304 g/mol. The van der Waals surface area contributed by atoms with Crippen molar-refractivity contribution >= 4 is 0 Å². The summed E-state index contributed by atoms with van der Waals surface area (Å²) in [6.07, 6.45) is 6.53.